The van der Waals surface area contributed by atoms with E-state index in [-0.39, 0.29) is 5.91 Å². The molecule has 7 nitrogen and oxygen atoms in total. The number of methoxy groups -OCH3 is 3. The van der Waals surface area contributed by atoms with Gasteiger partial charge in [0.2, 0.25) is 5.75 Å². The maximum absolute atomic E-state index is 12.3. The molecule has 0 unspecified atom stereocenters. The van der Waals surface area contributed by atoms with E-state index in [2.05, 4.69) is 22.5 Å². The Hall–Kier alpha value is -2.96. The van der Waals surface area contributed by atoms with E-state index in [0.717, 1.165) is 24.9 Å². The van der Waals surface area contributed by atoms with Crippen LogP contribution in [0.3, 0.4) is 0 Å². The van der Waals surface area contributed by atoms with Crippen molar-refractivity contribution in [3.63, 3.8) is 0 Å². The van der Waals surface area contributed by atoms with Gasteiger partial charge in [-0.3, -0.25) is 9.78 Å². The molecule has 0 saturated carbocycles. The molecule has 1 amide bonds. The van der Waals surface area contributed by atoms with Crippen molar-refractivity contribution in [2.45, 2.75) is 26.2 Å². The number of benzene rings is 1. The number of carbonyl (C=O) groups is 1. The smallest absolute Gasteiger partial charge is 0.252 e. The molecule has 1 aromatic heterocycles. The van der Waals surface area contributed by atoms with Crippen LogP contribution in [0.1, 0.15) is 36.5 Å². The van der Waals surface area contributed by atoms with Crippen molar-refractivity contribution in [3.05, 3.63) is 36.2 Å². The number of amides is 1. The summed E-state index contributed by atoms with van der Waals surface area (Å²) in [6.45, 7) is 2.79. The van der Waals surface area contributed by atoms with Gasteiger partial charge in [0.05, 0.1) is 38.8 Å². The highest BCUT2D eigenvalue weighted by Gasteiger charge is 2.14. The number of nitrogens with one attached hydrogen (secondary N) is 2. The van der Waals surface area contributed by atoms with Gasteiger partial charge in [0.15, 0.2) is 11.5 Å². The first-order valence-electron chi connectivity index (χ1n) is 8.93. The highest BCUT2D eigenvalue weighted by molar-refractivity contribution is 5.94. The molecule has 0 aliphatic rings. The second-order valence-corrected chi connectivity index (χ2v) is 5.96. The first-order valence-corrected chi connectivity index (χ1v) is 8.93. The van der Waals surface area contributed by atoms with Gasteiger partial charge in [-0.05, 0) is 12.5 Å². The van der Waals surface area contributed by atoms with E-state index in [1.54, 1.807) is 51.9 Å². The van der Waals surface area contributed by atoms with Gasteiger partial charge in [-0.1, -0.05) is 19.8 Å². The van der Waals surface area contributed by atoms with Crippen molar-refractivity contribution in [1.82, 2.24) is 10.3 Å². The van der Waals surface area contributed by atoms with Crippen molar-refractivity contribution in [1.29, 1.82) is 0 Å². The lowest BCUT2D eigenvalue weighted by atomic mass is 10.2. The fourth-order valence-electron chi connectivity index (χ4n) is 2.63. The number of ether oxygens (including phenoxy) is 3. The molecular weight excluding hydrogens is 346 g/mol. The third-order valence-corrected chi connectivity index (χ3v) is 4.02. The molecule has 0 atom stereocenters. The van der Waals surface area contributed by atoms with Crippen LogP contribution in [0.4, 0.5) is 11.4 Å². The zero-order valence-electron chi connectivity index (χ0n) is 16.3. The summed E-state index contributed by atoms with van der Waals surface area (Å²) in [6, 6.07) is 5.34. The predicted molar refractivity (Wildman–Crippen MR) is 105 cm³/mol. The summed E-state index contributed by atoms with van der Waals surface area (Å²) in [5.74, 6) is 1.46. The normalized spacial score (nSPS) is 10.2. The molecule has 1 heterocycles. The fourth-order valence-corrected chi connectivity index (χ4v) is 2.63. The van der Waals surface area contributed by atoms with Gasteiger partial charge in [-0.2, -0.15) is 0 Å². The number of nitrogens with zero attached hydrogens (tertiary/aromatic N) is 1. The minimum atomic E-state index is -0.132. The molecule has 0 spiro atoms. The zero-order valence-corrected chi connectivity index (χ0v) is 16.3. The van der Waals surface area contributed by atoms with Crippen LogP contribution < -0.4 is 24.8 Å². The lowest BCUT2D eigenvalue weighted by Gasteiger charge is -2.15. The molecule has 0 aliphatic carbocycles. The molecule has 7 heteroatoms. The van der Waals surface area contributed by atoms with Gasteiger partial charge < -0.3 is 24.8 Å². The molecule has 2 N–H and O–H groups in total. The Morgan fingerprint density at radius 1 is 0.963 bits per heavy atom. The van der Waals surface area contributed by atoms with Gasteiger partial charge in [-0.15, -0.1) is 0 Å². The standard InChI is InChI=1S/C20H27N3O4/c1-5-6-7-8-22-20(24)14-9-16(13-21-12-14)23-15-10-17(25-2)19(27-4)18(11-15)26-3/h9-13,23H,5-8H2,1-4H3,(H,22,24). The summed E-state index contributed by atoms with van der Waals surface area (Å²) in [4.78, 5) is 16.4. The largest absolute Gasteiger partial charge is 0.493 e. The summed E-state index contributed by atoms with van der Waals surface area (Å²) in [7, 11) is 4.68. The number of hydrogen-bond acceptors (Lipinski definition) is 6. The summed E-state index contributed by atoms with van der Waals surface area (Å²) in [5.41, 5.74) is 1.92. The third kappa shape index (κ3) is 5.51. The Kier molecular flexibility index (Phi) is 7.73. The Morgan fingerprint density at radius 3 is 2.26 bits per heavy atom. The molecule has 2 rings (SSSR count). The van der Waals surface area contributed by atoms with Crippen molar-refractivity contribution in [3.8, 4) is 17.2 Å². The van der Waals surface area contributed by atoms with Crippen LogP contribution in [0.5, 0.6) is 17.2 Å². The Labute approximate surface area is 160 Å². The highest BCUT2D eigenvalue weighted by atomic mass is 16.5. The van der Waals surface area contributed by atoms with E-state index < -0.39 is 0 Å². The van der Waals surface area contributed by atoms with Gasteiger partial charge >= 0.3 is 0 Å². The highest BCUT2D eigenvalue weighted by Crippen LogP contribution is 2.40. The van der Waals surface area contributed by atoms with Gasteiger partial charge in [0.1, 0.15) is 0 Å². The Balaban J connectivity index is 2.15. The molecular formula is C20H27N3O4. The number of anilines is 2. The van der Waals surface area contributed by atoms with Crippen LogP contribution in [0, 0.1) is 0 Å². The number of hydrogen-bond donors (Lipinski definition) is 2. The van der Waals surface area contributed by atoms with E-state index in [9.17, 15) is 4.79 Å². The molecule has 146 valence electrons. The first-order chi connectivity index (χ1) is 13.1. The molecule has 0 saturated heterocycles. The maximum atomic E-state index is 12.3. The van der Waals surface area contributed by atoms with Gasteiger partial charge in [0, 0.05) is 30.6 Å². The van der Waals surface area contributed by atoms with Gasteiger partial charge in [0.25, 0.3) is 5.91 Å². The number of aromatic nitrogens is 1. The number of pyridine rings is 1. The van der Waals surface area contributed by atoms with E-state index in [1.165, 1.54) is 0 Å². The summed E-state index contributed by atoms with van der Waals surface area (Å²) < 4.78 is 16.0. The van der Waals surface area contributed by atoms with E-state index >= 15 is 0 Å². The topological polar surface area (TPSA) is 81.7 Å². The van der Waals surface area contributed by atoms with Crippen LogP contribution >= 0.6 is 0 Å². The number of carbonyl (C=O) groups excluding carboxylic acids is 1. The van der Waals surface area contributed by atoms with Gasteiger partial charge in [-0.25, -0.2) is 0 Å². The molecule has 0 aliphatic heterocycles. The zero-order chi connectivity index (χ0) is 19.6. The van der Waals surface area contributed by atoms with Crippen LogP contribution in [-0.4, -0.2) is 38.8 Å². The quantitative estimate of drug-likeness (QED) is 0.617. The number of rotatable bonds is 10. The van der Waals surface area contributed by atoms with Crippen LogP contribution in [0.25, 0.3) is 0 Å². The molecule has 0 fully saturated rings. The molecule has 27 heavy (non-hydrogen) atoms. The van der Waals surface area contributed by atoms with Crippen LogP contribution in [0.2, 0.25) is 0 Å². The lowest BCUT2D eigenvalue weighted by molar-refractivity contribution is 0.0952. The maximum Gasteiger partial charge on any atom is 0.252 e. The number of unbranched alkanes of at least 4 members (excludes halogenated alkanes) is 2. The fraction of sp³-hybridized carbons (Fsp3) is 0.400. The predicted octanol–water partition coefficient (Wildman–Crippen LogP) is 3.77. The average molecular weight is 373 g/mol. The van der Waals surface area contributed by atoms with Crippen molar-refractivity contribution in [2.75, 3.05) is 33.2 Å². The van der Waals surface area contributed by atoms with Crippen molar-refractivity contribution < 1.29 is 19.0 Å². The second kappa shape index (κ2) is 10.3. The van der Waals surface area contributed by atoms with E-state index in [0.29, 0.717) is 35.0 Å². The SMILES string of the molecule is CCCCCNC(=O)c1cncc(Nc2cc(OC)c(OC)c(OC)c2)c1. The van der Waals surface area contributed by atoms with E-state index in [1.807, 2.05) is 0 Å². The molecule has 0 radical (unpaired) electrons. The molecule has 0 bridgehead atoms. The molecule has 2 aromatic rings. The Bertz CT molecular complexity index is 740. The monoisotopic (exact) mass is 373 g/mol. The van der Waals surface area contributed by atoms with Crippen LogP contribution in [0.15, 0.2) is 30.6 Å². The second-order valence-electron chi connectivity index (χ2n) is 5.96. The third-order valence-electron chi connectivity index (χ3n) is 4.02. The minimum Gasteiger partial charge on any atom is -0.493 e. The average Bonchev–Trinajstić information content (AvgIpc) is 2.70. The summed E-state index contributed by atoms with van der Waals surface area (Å²) in [5, 5.41) is 6.13. The van der Waals surface area contributed by atoms with E-state index in [4.69, 9.17) is 14.2 Å². The summed E-state index contributed by atoms with van der Waals surface area (Å²) >= 11 is 0. The summed E-state index contributed by atoms with van der Waals surface area (Å²) in [6.07, 6.45) is 6.39. The Morgan fingerprint density at radius 2 is 1.67 bits per heavy atom. The van der Waals surface area contributed by atoms with Crippen molar-refractivity contribution in [2.24, 2.45) is 0 Å². The first kappa shape index (κ1) is 20.4. The van der Waals surface area contributed by atoms with Crippen LogP contribution in [-0.2, 0) is 0 Å². The minimum absolute atomic E-state index is 0.132. The lowest BCUT2D eigenvalue weighted by Crippen LogP contribution is -2.24. The molecule has 1 aromatic carbocycles. The van der Waals surface area contributed by atoms with Crippen molar-refractivity contribution >= 4 is 17.3 Å².